The highest BCUT2D eigenvalue weighted by Gasteiger charge is 2.55. The number of nitrogen functional groups attached to an aromatic ring is 1. The van der Waals surface area contributed by atoms with Crippen molar-refractivity contribution in [3.63, 3.8) is 0 Å². The molecule has 1 unspecified atom stereocenters. The first-order valence-electron chi connectivity index (χ1n) is 17.6. The smallest absolute Gasteiger partial charge is 0.423 e. The Bertz CT molecular complexity index is 2580. The van der Waals surface area contributed by atoms with Crippen molar-refractivity contribution >= 4 is 49.0 Å². The normalized spacial score (nSPS) is 31.2. The number of alkyl halides is 2. The molecular weight excluding hydrogens is 846 g/mol. The van der Waals surface area contributed by atoms with Crippen LogP contribution >= 0.6 is 26.0 Å². The van der Waals surface area contributed by atoms with Crippen molar-refractivity contribution in [3.05, 3.63) is 111 Å². The third-order valence-electron chi connectivity index (χ3n) is 9.43. The van der Waals surface area contributed by atoms with Crippen LogP contribution in [0, 0.1) is 6.92 Å². The van der Waals surface area contributed by atoms with E-state index < -0.39 is 94.3 Å². The summed E-state index contributed by atoms with van der Waals surface area (Å²) in [6.45, 7) is -4.57. The third kappa shape index (κ3) is 8.67. The first kappa shape index (κ1) is 41.1. The quantitative estimate of drug-likeness (QED) is 0.119. The molecule has 6 heterocycles. The monoisotopic (exact) mass is 879 g/mol. The van der Waals surface area contributed by atoms with Gasteiger partial charge >= 0.3 is 26.3 Å². The Balaban J connectivity index is 1.08. The summed E-state index contributed by atoms with van der Waals surface area (Å²) in [5.41, 5.74) is 6.04. The van der Waals surface area contributed by atoms with Crippen LogP contribution < -0.4 is 21.7 Å². The van der Waals surface area contributed by atoms with Crippen molar-refractivity contribution in [2.75, 3.05) is 18.9 Å². The molecule has 0 saturated carbocycles. The number of hydrogen-bond acceptors (Lipinski definition) is 17. The van der Waals surface area contributed by atoms with E-state index in [4.69, 9.17) is 38.0 Å². The molecule has 20 nitrogen and oxygen atoms in total. The van der Waals surface area contributed by atoms with Gasteiger partial charge in [-0.1, -0.05) is 29.8 Å². The summed E-state index contributed by atoms with van der Waals surface area (Å²) in [7, 11) is -5.27. The predicted octanol–water partition coefficient (Wildman–Crippen LogP) is 3.92. The summed E-state index contributed by atoms with van der Waals surface area (Å²) in [6, 6.07) is 13.9. The van der Waals surface area contributed by atoms with Gasteiger partial charge in [-0.15, -0.1) is 0 Å². The second-order valence-electron chi connectivity index (χ2n) is 13.4. The number of carbonyl (C=O) groups is 1. The van der Waals surface area contributed by atoms with E-state index in [-0.39, 0.29) is 28.5 Å². The Morgan fingerprint density at radius 3 is 2.41 bits per heavy atom. The van der Waals surface area contributed by atoms with E-state index in [9.17, 15) is 28.4 Å². The number of halogens is 2. The number of carbonyl (C=O) groups excluding carboxylic acids is 1. The number of ether oxygens (including phenoxy) is 3. The molecule has 0 aliphatic carbocycles. The standard InChI is InChI=1S/C34H33F2N7O13P2S/c1-17-2-6-19(7-3-17)33(45)52-20-8-4-18(5-9-20)14-59-58(49)51-12-21-24(35)28(32(53-21)43-16-40-26-29(37)38-15-39-30(26)43)55-57(47,48)50-13-22-27(56-58)25(36)31(54-22)42-11-10-23(44)41-34(42)46/h2-11,15-16,21-22,24-25,27-28,31-32H,12-14H2,1H3,(H,47,48)(H2,37,38,39)(H,41,44,46)/t21-,22-,24-,25-,27-,28-,31-,32-,58-/m1/s1. The van der Waals surface area contributed by atoms with Crippen LogP contribution in [0.25, 0.3) is 11.2 Å². The van der Waals surface area contributed by atoms with Gasteiger partial charge in [-0.25, -0.2) is 42.5 Å². The summed E-state index contributed by atoms with van der Waals surface area (Å²) >= 11 is 0.574. The van der Waals surface area contributed by atoms with E-state index in [2.05, 4.69) is 15.0 Å². The van der Waals surface area contributed by atoms with Crippen molar-refractivity contribution in [1.29, 1.82) is 0 Å². The molecule has 5 aromatic rings. The van der Waals surface area contributed by atoms with E-state index in [1.54, 1.807) is 36.4 Å². The fourth-order valence-corrected chi connectivity index (χ4v) is 10.8. The molecule has 3 saturated heterocycles. The lowest BCUT2D eigenvalue weighted by Crippen LogP contribution is -2.36. The van der Waals surface area contributed by atoms with Crippen molar-refractivity contribution in [2.45, 2.75) is 61.9 Å². The molecule has 2 aromatic carbocycles. The topological polar surface area (TPSA) is 261 Å². The predicted molar refractivity (Wildman–Crippen MR) is 202 cm³/mol. The van der Waals surface area contributed by atoms with Gasteiger partial charge in [0.2, 0.25) is 0 Å². The lowest BCUT2D eigenvalue weighted by Gasteiger charge is -2.27. The average Bonchev–Trinajstić information content (AvgIpc) is 3.86. The van der Waals surface area contributed by atoms with Crippen LogP contribution in [0.5, 0.6) is 5.75 Å². The van der Waals surface area contributed by atoms with Crippen molar-refractivity contribution in [3.8, 4) is 5.75 Å². The lowest BCUT2D eigenvalue weighted by atomic mass is 10.1. The van der Waals surface area contributed by atoms with Crippen molar-refractivity contribution < 1.29 is 59.9 Å². The van der Waals surface area contributed by atoms with Gasteiger partial charge in [-0.05, 0) is 48.1 Å². The minimum absolute atomic E-state index is 0.0214. The first-order chi connectivity index (χ1) is 28.2. The zero-order chi connectivity index (χ0) is 41.6. The summed E-state index contributed by atoms with van der Waals surface area (Å²) in [5, 5.41) is 0. The number of H-pyrrole nitrogens is 1. The highest BCUT2D eigenvalue weighted by molar-refractivity contribution is 8.54. The minimum atomic E-state index is -5.27. The highest BCUT2D eigenvalue weighted by Crippen LogP contribution is 2.64. The lowest BCUT2D eigenvalue weighted by molar-refractivity contribution is -0.0640. The Morgan fingerprint density at radius 1 is 0.932 bits per heavy atom. The van der Waals surface area contributed by atoms with Gasteiger partial charge in [0, 0.05) is 18.0 Å². The summed E-state index contributed by atoms with van der Waals surface area (Å²) < 4.78 is 102. The Morgan fingerprint density at radius 2 is 1.66 bits per heavy atom. The molecule has 0 amide bonds. The largest absolute Gasteiger partial charge is 0.472 e. The molecule has 3 aromatic heterocycles. The molecule has 3 fully saturated rings. The molecule has 0 radical (unpaired) electrons. The molecule has 312 valence electrons. The number of aryl methyl sites for hydroxylation is 1. The molecule has 4 N–H and O–H groups in total. The van der Waals surface area contributed by atoms with Gasteiger partial charge < -0.3 is 24.8 Å². The van der Waals surface area contributed by atoms with Gasteiger partial charge in [-0.3, -0.25) is 37.0 Å². The summed E-state index contributed by atoms with van der Waals surface area (Å²) in [6.07, 6.45) is -11.8. The van der Waals surface area contributed by atoms with Gasteiger partial charge in [0.15, 0.2) is 36.3 Å². The minimum Gasteiger partial charge on any atom is -0.423 e. The Kier molecular flexibility index (Phi) is 11.4. The van der Waals surface area contributed by atoms with E-state index >= 15 is 8.78 Å². The van der Waals surface area contributed by atoms with E-state index in [0.717, 1.165) is 24.2 Å². The van der Waals surface area contributed by atoms with Crippen molar-refractivity contribution in [2.24, 2.45) is 0 Å². The van der Waals surface area contributed by atoms with Crippen LogP contribution in [0.3, 0.4) is 0 Å². The van der Waals surface area contributed by atoms with E-state index in [0.29, 0.717) is 27.1 Å². The van der Waals surface area contributed by atoms with Gasteiger partial charge in [0.25, 0.3) is 5.56 Å². The number of nitrogens with one attached hydrogen (secondary N) is 1. The summed E-state index contributed by atoms with van der Waals surface area (Å²) in [5.74, 6) is -0.522. The number of benzene rings is 2. The maximum Gasteiger partial charge on any atom is 0.472 e. The number of aromatic amines is 1. The second-order valence-corrected chi connectivity index (χ2v) is 18.9. The molecule has 10 atom stereocenters. The van der Waals surface area contributed by atoms with E-state index in [1.807, 2.05) is 11.9 Å². The van der Waals surface area contributed by atoms with Crippen LogP contribution in [-0.4, -0.2) is 89.9 Å². The second kappa shape index (κ2) is 16.4. The number of phosphoric acid groups is 1. The molecule has 3 aliphatic rings. The van der Waals surface area contributed by atoms with Crippen LogP contribution in [0.4, 0.5) is 14.6 Å². The number of nitrogens with two attached hydrogens (primary N) is 1. The molecule has 25 heteroatoms. The Hall–Kier alpha value is -4.67. The molecule has 8 rings (SSSR count). The number of imidazole rings is 1. The number of rotatable bonds is 7. The van der Waals surface area contributed by atoms with Crippen LogP contribution in [0.15, 0.2) is 83.0 Å². The van der Waals surface area contributed by atoms with Gasteiger partial charge in [-0.2, -0.15) is 0 Å². The van der Waals surface area contributed by atoms with Crippen LogP contribution in [0.2, 0.25) is 0 Å². The highest BCUT2D eigenvalue weighted by atomic mass is 32.7. The molecule has 59 heavy (non-hydrogen) atoms. The number of hydrogen-bond donors (Lipinski definition) is 3. The fraction of sp³-hybridized carbons (Fsp3) is 0.353. The first-order valence-corrected chi connectivity index (χ1v) is 22.2. The molecular formula is C34H33F2N7O13P2S. The number of phosphoric ester groups is 1. The zero-order valence-corrected chi connectivity index (χ0v) is 33.0. The van der Waals surface area contributed by atoms with Gasteiger partial charge in [0.05, 0.1) is 25.1 Å². The van der Waals surface area contributed by atoms with Gasteiger partial charge in [0.1, 0.15) is 42.0 Å². The molecule has 3 aliphatic heterocycles. The number of fused-ring (bicyclic) bond motifs is 4. The molecule has 0 spiro atoms. The van der Waals surface area contributed by atoms with Crippen LogP contribution in [-0.2, 0) is 42.5 Å². The third-order valence-corrected chi connectivity index (χ3v) is 14.1. The number of anilines is 1. The maximum atomic E-state index is 16.4. The average molecular weight is 880 g/mol. The molecule has 2 bridgehead atoms. The van der Waals surface area contributed by atoms with E-state index in [1.165, 1.54) is 23.0 Å². The zero-order valence-electron chi connectivity index (χ0n) is 30.4. The number of aromatic nitrogens is 6. The number of nitrogens with zero attached hydrogens (tertiary/aromatic N) is 5. The number of esters is 1. The van der Waals surface area contributed by atoms with Crippen molar-refractivity contribution in [1.82, 2.24) is 29.1 Å². The summed E-state index contributed by atoms with van der Waals surface area (Å²) in [4.78, 5) is 62.0. The Labute approximate surface area is 334 Å². The van der Waals surface area contributed by atoms with Crippen LogP contribution in [0.1, 0.15) is 33.9 Å². The fourth-order valence-electron chi connectivity index (χ4n) is 6.45. The maximum absolute atomic E-state index is 16.4. The SMILES string of the molecule is Cc1ccc(C(=O)Oc2ccc(CS[P@]3(=O)OC[C@H]4O[C@@H](n5cnc6c(N)ncnc65)[C@H](OP(=O)(O)OC[C@H]5O[C@@H](n6ccc(=O)[nH]c6=O)[C@H](F)[C@@H]5O3)[C@@H]4F)cc2)cc1.